The predicted octanol–water partition coefficient (Wildman–Crippen LogP) is 4.22. The number of benzene rings is 1. The molecular formula is C24H29N3O4S. The lowest BCUT2D eigenvalue weighted by Crippen LogP contribution is -2.50. The van der Waals surface area contributed by atoms with Gasteiger partial charge in [0.2, 0.25) is 0 Å². The third-order valence-corrected chi connectivity index (χ3v) is 7.44. The number of likely N-dealkylation sites (tertiary alicyclic amines) is 1. The van der Waals surface area contributed by atoms with Crippen LogP contribution >= 0.6 is 11.3 Å². The van der Waals surface area contributed by atoms with E-state index in [-0.39, 0.29) is 24.1 Å². The number of hydrogen-bond acceptors (Lipinski definition) is 6. The van der Waals surface area contributed by atoms with Gasteiger partial charge in [0.1, 0.15) is 23.1 Å². The molecule has 7 nitrogen and oxygen atoms in total. The van der Waals surface area contributed by atoms with Crippen molar-refractivity contribution in [3.05, 3.63) is 34.8 Å². The van der Waals surface area contributed by atoms with Crippen LogP contribution in [0, 0.1) is 5.92 Å². The Labute approximate surface area is 192 Å². The second-order valence-corrected chi connectivity index (χ2v) is 10.1. The van der Waals surface area contributed by atoms with Gasteiger partial charge in [0.25, 0.3) is 5.91 Å². The van der Waals surface area contributed by atoms with Gasteiger partial charge in [-0.15, -0.1) is 11.3 Å². The van der Waals surface area contributed by atoms with Crippen molar-refractivity contribution in [1.29, 1.82) is 0 Å². The monoisotopic (exact) mass is 455 g/mol. The lowest BCUT2D eigenvalue weighted by Gasteiger charge is -2.38. The number of rotatable bonds is 5. The van der Waals surface area contributed by atoms with Gasteiger partial charge < -0.3 is 14.4 Å². The molecule has 0 radical (unpaired) electrons. The maximum atomic E-state index is 13.1. The molecule has 0 saturated carbocycles. The number of thiazole rings is 1. The maximum absolute atomic E-state index is 13.1. The van der Waals surface area contributed by atoms with Crippen molar-refractivity contribution in [3.8, 4) is 16.3 Å². The fraction of sp³-hybridized carbons (Fsp3) is 0.542. The van der Waals surface area contributed by atoms with Crippen LogP contribution in [0.3, 0.4) is 0 Å². The summed E-state index contributed by atoms with van der Waals surface area (Å²) in [5.74, 6) is 1.43. The topological polar surface area (TPSA) is 72.0 Å². The summed E-state index contributed by atoms with van der Waals surface area (Å²) in [7, 11) is 0. The van der Waals surface area contributed by atoms with Gasteiger partial charge in [-0.25, -0.2) is 9.78 Å². The van der Waals surface area contributed by atoms with Crippen LogP contribution in [0.4, 0.5) is 4.79 Å². The molecule has 2 saturated heterocycles. The Kier molecular flexibility index (Phi) is 5.80. The van der Waals surface area contributed by atoms with Crippen molar-refractivity contribution in [1.82, 2.24) is 14.8 Å². The van der Waals surface area contributed by atoms with Crippen molar-refractivity contribution in [2.45, 2.75) is 51.6 Å². The summed E-state index contributed by atoms with van der Waals surface area (Å²) in [6.45, 7) is 6.80. The van der Waals surface area contributed by atoms with E-state index in [2.05, 4.69) is 24.9 Å². The quantitative estimate of drug-likeness (QED) is 0.675. The molecule has 0 spiro atoms. The summed E-state index contributed by atoms with van der Waals surface area (Å²) in [5.41, 5.74) is 2.73. The first-order valence-corrected chi connectivity index (χ1v) is 12.3. The fourth-order valence-corrected chi connectivity index (χ4v) is 5.77. The molecule has 1 aromatic heterocycles. The second-order valence-electron chi connectivity index (χ2n) is 9.25. The van der Waals surface area contributed by atoms with E-state index in [0.29, 0.717) is 31.3 Å². The lowest BCUT2D eigenvalue weighted by atomic mass is 9.98. The lowest BCUT2D eigenvalue weighted by molar-refractivity contribution is 0.0625. The summed E-state index contributed by atoms with van der Waals surface area (Å²) < 4.78 is 10.9. The van der Waals surface area contributed by atoms with E-state index >= 15 is 0 Å². The van der Waals surface area contributed by atoms with E-state index in [4.69, 9.17) is 9.47 Å². The first-order valence-electron chi connectivity index (χ1n) is 11.5. The van der Waals surface area contributed by atoms with Crippen molar-refractivity contribution in [3.63, 3.8) is 0 Å². The number of cyclic esters (lactones) is 1. The zero-order valence-electron chi connectivity index (χ0n) is 18.6. The Balaban J connectivity index is 1.22. The smallest absolute Gasteiger partial charge is 0.410 e. The molecule has 8 heteroatoms. The zero-order chi connectivity index (χ0) is 22.2. The van der Waals surface area contributed by atoms with Gasteiger partial charge in [0.15, 0.2) is 0 Å². The normalized spacial score (nSPS) is 21.1. The minimum Gasteiger partial charge on any atom is -0.493 e. The molecule has 2 aromatic rings. The first kappa shape index (κ1) is 21.2. The van der Waals surface area contributed by atoms with Gasteiger partial charge in [-0.2, -0.15) is 0 Å². The van der Waals surface area contributed by atoms with Crippen molar-refractivity contribution < 1.29 is 19.1 Å². The highest BCUT2D eigenvalue weighted by atomic mass is 32.1. The van der Waals surface area contributed by atoms with Gasteiger partial charge in [-0.05, 0) is 48.9 Å². The summed E-state index contributed by atoms with van der Waals surface area (Å²) in [6, 6.07) is 6.39. The molecule has 2 fully saturated rings. The summed E-state index contributed by atoms with van der Waals surface area (Å²) >= 11 is 1.50. The van der Waals surface area contributed by atoms with E-state index in [0.717, 1.165) is 48.6 Å². The largest absolute Gasteiger partial charge is 0.493 e. The highest BCUT2D eigenvalue weighted by Crippen LogP contribution is 2.32. The predicted molar refractivity (Wildman–Crippen MR) is 122 cm³/mol. The number of ether oxygens (including phenoxy) is 2. The Morgan fingerprint density at radius 2 is 2.06 bits per heavy atom. The molecule has 1 atom stereocenters. The second kappa shape index (κ2) is 8.73. The van der Waals surface area contributed by atoms with Crippen LogP contribution in [0.25, 0.3) is 10.6 Å². The molecule has 4 heterocycles. The average molecular weight is 456 g/mol. The highest BCUT2D eigenvalue weighted by molar-refractivity contribution is 7.13. The summed E-state index contributed by atoms with van der Waals surface area (Å²) in [5, 5.41) is 2.71. The number of carbonyl (C=O) groups excluding carboxylic acids is 2. The van der Waals surface area contributed by atoms with Crippen molar-refractivity contribution in [2.24, 2.45) is 5.92 Å². The minimum atomic E-state index is -0.204. The van der Waals surface area contributed by atoms with Gasteiger partial charge in [0.05, 0.1) is 12.6 Å². The van der Waals surface area contributed by atoms with Crippen LogP contribution in [-0.4, -0.2) is 65.2 Å². The number of carbonyl (C=O) groups is 2. The van der Waals surface area contributed by atoms with Crippen LogP contribution in [0.15, 0.2) is 23.6 Å². The number of hydrogen-bond donors (Lipinski definition) is 0. The van der Waals surface area contributed by atoms with Crippen LogP contribution < -0.4 is 4.74 Å². The van der Waals surface area contributed by atoms with Crippen LogP contribution in [0.1, 0.15) is 49.2 Å². The zero-order valence-corrected chi connectivity index (χ0v) is 19.4. The number of nitrogens with zero attached hydrogens (tertiary/aromatic N) is 3. The molecular weight excluding hydrogens is 426 g/mol. The fourth-order valence-electron chi connectivity index (χ4n) is 4.98. The number of amides is 2. The molecule has 0 bridgehead atoms. The Morgan fingerprint density at radius 1 is 1.25 bits per heavy atom. The SMILES string of the molecule is CC(C)CC1COC(=O)N1C1CCN(C(=O)c2csc(-c3ccc4c(c3)CCO4)n2)CC1. The molecule has 3 aliphatic heterocycles. The van der Waals surface area contributed by atoms with E-state index in [1.54, 1.807) is 0 Å². The van der Waals surface area contributed by atoms with Gasteiger partial charge in [0, 0.05) is 36.5 Å². The molecule has 32 heavy (non-hydrogen) atoms. The third-order valence-electron chi connectivity index (χ3n) is 6.55. The average Bonchev–Trinajstić information content (AvgIpc) is 3.52. The molecule has 5 rings (SSSR count). The Bertz CT molecular complexity index is 1010. The van der Waals surface area contributed by atoms with Gasteiger partial charge >= 0.3 is 6.09 Å². The molecule has 0 aliphatic carbocycles. The van der Waals surface area contributed by atoms with Crippen LogP contribution in [-0.2, 0) is 11.2 Å². The third kappa shape index (κ3) is 4.08. The Hall–Kier alpha value is -2.61. The number of fused-ring (bicyclic) bond motifs is 1. The first-order chi connectivity index (χ1) is 15.5. The van der Waals surface area contributed by atoms with Gasteiger partial charge in [-0.3, -0.25) is 9.69 Å². The summed E-state index contributed by atoms with van der Waals surface area (Å²) in [6.07, 6.45) is 3.21. The van der Waals surface area contributed by atoms with Crippen LogP contribution in [0.2, 0.25) is 0 Å². The maximum Gasteiger partial charge on any atom is 0.410 e. The van der Waals surface area contributed by atoms with Crippen molar-refractivity contribution >= 4 is 23.3 Å². The van der Waals surface area contributed by atoms with Gasteiger partial charge in [-0.1, -0.05) is 13.8 Å². The molecule has 0 N–H and O–H groups in total. The molecule has 1 unspecified atom stereocenters. The van der Waals surface area contributed by atoms with Crippen molar-refractivity contribution in [2.75, 3.05) is 26.3 Å². The van der Waals surface area contributed by atoms with E-state index in [1.165, 1.54) is 16.9 Å². The van der Waals surface area contributed by atoms with E-state index in [1.807, 2.05) is 27.3 Å². The van der Waals surface area contributed by atoms with Crippen LogP contribution in [0.5, 0.6) is 5.75 Å². The number of aromatic nitrogens is 1. The van der Waals surface area contributed by atoms with E-state index in [9.17, 15) is 9.59 Å². The molecule has 2 amide bonds. The highest BCUT2D eigenvalue weighted by Gasteiger charge is 2.40. The van der Waals surface area contributed by atoms with E-state index < -0.39 is 0 Å². The molecule has 1 aromatic carbocycles. The molecule has 3 aliphatic rings. The molecule has 170 valence electrons. The summed E-state index contributed by atoms with van der Waals surface area (Å²) in [4.78, 5) is 33.8. The minimum absolute atomic E-state index is 0.0295. The standard InChI is InChI=1S/C24H29N3O4S/c1-15(2)11-19-13-31-24(29)27(19)18-5-8-26(9-6-18)23(28)20-14-32-22(25-20)17-3-4-21-16(12-17)7-10-30-21/h3-4,12,14-15,18-19H,5-11,13H2,1-2H3. The Morgan fingerprint density at radius 3 is 2.84 bits per heavy atom. The number of piperidine rings is 1.